The zero-order valence-corrected chi connectivity index (χ0v) is 10.8. The molecule has 1 saturated carbocycles. The molecule has 1 N–H and O–H groups in total. The number of fused-ring (bicyclic) bond motifs is 1. The van der Waals surface area contributed by atoms with E-state index in [1.165, 1.54) is 12.1 Å². The van der Waals surface area contributed by atoms with E-state index in [-0.39, 0.29) is 17.4 Å². The third kappa shape index (κ3) is 1.54. The Morgan fingerprint density at radius 2 is 2.17 bits per heavy atom. The molecule has 2 aromatic rings. The van der Waals surface area contributed by atoms with E-state index < -0.39 is 0 Å². The summed E-state index contributed by atoms with van der Waals surface area (Å²) in [5, 5.41) is 0.509. The lowest BCUT2D eigenvalue weighted by molar-refractivity contribution is 0.302. The second kappa shape index (κ2) is 4.02. The van der Waals surface area contributed by atoms with E-state index in [1.54, 1.807) is 11.5 Å². The Balaban J connectivity index is 2.39. The number of aromatic amines is 1. The van der Waals surface area contributed by atoms with E-state index in [2.05, 4.69) is 4.98 Å². The summed E-state index contributed by atoms with van der Waals surface area (Å²) in [6.07, 6.45) is 3.11. The Kier molecular flexibility index (Phi) is 2.59. The van der Waals surface area contributed by atoms with Gasteiger partial charge in [-0.05, 0) is 50.5 Å². The summed E-state index contributed by atoms with van der Waals surface area (Å²) in [6.45, 7) is 1.65. The van der Waals surface area contributed by atoms with Crippen LogP contribution < -0.4 is 5.56 Å². The Labute approximate surface area is 108 Å². The highest BCUT2D eigenvalue weighted by Crippen LogP contribution is 2.30. The van der Waals surface area contributed by atoms with Crippen molar-refractivity contribution in [3.63, 3.8) is 0 Å². The van der Waals surface area contributed by atoms with Gasteiger partial charge in [0.2, 0.25) is 0 Å². The number of nitrogens with one attached hydrogen (secondary N) is 1. The largest absolute Gasteiger partial charge is 0.331 e. The average Bonchev–Trinajstić information content (AvgIpc) is 2.27. The van der Waals surface area contributed by atoms with Gasteiger partial charge in [0.05, 0.1) is 10.9 Å². The maximum absolute atomic E-state index is 13.5. The van der Waals surface area contributed by atoms with Crippen LogP contribution in [-0.2, 0) is 0 Å². The molecule has 1 fully saturated rings. The van der Waals surface area contributed by atoms with Gasteiger partial charge in [-0.15, -0.1) is 0 Å². The minimum atomic E-state index is -0.325. The molecule has 1 heterocycles. The lowest BCUT2D eigenvalue weighted by Crippen LogP contribution is -2.30. The van der Waals surface area contributed by atoms with Crippen LogP contribution in [0, 0.1) is 17.5 Å². The van der Waals surface area contributed by atoms with Crippen LogP contribution in [0.25, 0.3) is 10.9 Å². The number of hydrogen-bond acceptors (Lipinski definition) is 2. The molecule has 0 unspecified atom stereocenters. The molecular weight excluding hydrogens is 251 g/mol. The summed E-state index contributed by atoms with van der Waals surface area (Å²) in [5.74, 6) is -0.325. The van der Waals surface area contributed by atoms with E-state index in [9.17, 15) is 9.18 Å². The quantitative estimate of drug-likeness (QED) is 0.803. The maximum atomic E-state index is 13.5. The van der Waals surface area contributed by atoms with Crippen molar-refractivity contribution in [1.82, 2.24) is 9.55 Å². The molecule has 1 aliphatic carbocycles. The van der Waals surface area contributed by atoms with Gasteiger partial charge >= 0.3 is 0 Å². The van der Waals surface area contributed by atoms with Crippen molar-refractivity contribution in [2.45, 2.75) is 32.2 Å². The SMILES string of the molecule is Cc1c(F)ccc2c(=O)n(C3CCC3)c(=S)[nH]c12. The van der Waals surface area contributed by atoms with Gasteiger partial charge in [-0.1, -0.05) is 0 Å². The Morgan fingerprint density at radius 1 is 1.44 bits per heavy atom. The molecule has 3 rings (SSSR count). The molecule has 1 aromatic heterocycles. The van der Waals surface area contributed by atoms with Gasteiger partial charge in [0.1, 0.15) is 5.82 Å². The number of H-pyrrole nitrogens is 1. The van der Waals surface area contributed by atoms with E-state index in [0.717, 1.165) is 19.3 Å². The van der Waals surface area contributed by atoms with Crippen molar-refractivity contribution in [2.24, 2.45) is 0 Å². The second-order valence-electron chi connectivity index (χ2n) is 4.78. The first kappa shape index (κ1) is 11.6. The molecule has 0 saturated heterocycles. The predicted molar refractivity (Wildman–Crippen MR) is 71.0 cm³/mol. The number of hydrogen-bond donors (Lipinski definition) is 1. The van der Waals surface area contributed by atoms with Crippen molar-refractivity contribution < 1.29 is 4.39 Å². The topological polar surface area (TPSA) is 37.8 Å². The summed E-state index contributed by atoms with van der Waals surface area (Å²) < 4.78 is 15.5. The number of aromatic nitrogens is 2. The van der Waals surface area contributed by atoms with Crippen molar-refractivity contribution in [2.75, 3.05) is 0 Å². The summed E-state index contributed by atoms with van der Waals surface area (Å²) in [4.78, 5) is 15.4. The van der Waals surface area contributed by atoms with Gasteiger partial charge in [0.25, 0.3) is 5.56 Å². The van der Waals surface area contributed by atoms with Gasteiger partial charge in [-0.2, -0.15) is 0 Å². The summed E-state index contributed by atoms with van der Waals surface area (Å²) >= 11 is 5.23. The number of halogens is 1. The standard InChI is InChI=1S/C13H13FN2OS/c1-7-10(14)6-5-9-11(7)15-13(18)16(12(9)17)8-3-2-4-8/h5-6,8H,2-4H2,1H3,(H,15,18). The molecule has 5 heteroatoms. The monoisotopic (exact) mass is 264 g/mol. The fourth-order valence-electron chi connectivity index (χ4n) is 2.39. The summed E-state index contributed by atoms with van der Waals surface area (Å²) in [5.41, 5.74) is 0.846. The Hall–Kier alpha value is -1.49. The molecule has 0 aliphatic heterocycles. The van der Waals surface area contributed by atoms with Crippen LogP contribution >= 0.6 is 12.2 Å². The highest BCUT2D eigenvalue weighted by atomic mass is 32.1. The predicted octanol–water partition coefficient (Wildman–Crippen LogP) is 3.23. The van der Waals surface area contributed by atoms with Crippen molar-refractivity contribution in [3.8, 4) is 0 Å². The molecule has 1 aliphatic rings. The van der Waals surface area contributed by atoms with Crippen LogP contribution in [0.15, 0.2) is 16.9 Å². The Bertz CT molecular complexity index is 743. The van der Waals surface area contributed by atoms with Crippen LogP contribution in [0.5, 0.6) is 0 Å². The molecule has 3 nitrogen and oxygen atoms in total. The van der Waals surface area contributed by atoms with Crippen LogP contribution in [0.2, 0.25) is 0 Å². The van der Waals surface area contributed by atoms with Gasteiger partial charge in [0, 0.05) is 11.6 Å². The van der Waals surface area contributed by atoms with Crippen LogP contribution in [0.3, 0.4) is 0 Å². The van der Waals surface area contributed by atoms with E-state index in [1.807, 2.05) is 0 Å². The molecule has 0 bridgehead atoms. The first-order chi connectivity index (χ1) is 8.59. The molecule has 0 amide bonds. The first-order valence-electron chi connectivity index (χ1n) is 6.03. The highest BCUT2D eigenvalue weighted by molar-refractivity contribution is 7.71. The van der Waals surface area contributed by atoms with Crippen molar-refractivity contribution in [1.29, 1.82) is 0 Å². The number of aryl methyl sites for hydroxylation is 1. The second-order valence-corrected chi connectivity index (χ2v) is 5.17. The molecule has 0 atom stereocenters. The fraction of sp³-hybridized carbons (Fsp3) is 0.385. The van der Waals surface area contributed by atoms with Gasteiger partial charge in [0.15, 0.2) is 4.77 Å². The Morgan fingerprint density at radius 3 is 2.78 bits per heavy atom. The minimum absolute atomic E-state index is 0.110. The minimum Gasteiger partial charge on any atom is -0.331 e. The average molecular weight is 264 g/mol. The van der Waals surface area contributed by atoms with E-state index in [0.29, 0.717) is 21.2 Å². The highest BCUT2D eigenvalue weighted by Gasteiger charge is 2.22. The van der Waals surface area contributed by atoms with Crippen LogP contribution in [0.1, 0.15) is 30.9 Å². The third-order valence-corrected chi connectivity index (χ3v) is 4.04. The summed E-state index contributed by atoms with van der Waals surface area (Å²) in [6, 6.07) is 3.07. The van der Waals surface area contributed by atoms with Crippen molar-refractivity contribution in [3.05, 3.63) is 38.6 Å². The summed E-state index contributed by atoms with van der Waals surface area (Å²) in [7, 11) is 0. The van der Waals surface area contributed by atoms with Crippen LogP contribution in [0.4, 0.5) is 4.39 Å². The number of benzene rings is 1. The van der Waals surface area contributed by atoms with Gasteiger partial charge in [-0.25, -0.2) is 4.39 Å². The first-order valence-corrected chi connectivity index (χ1v) is 6.44. The molecule has 94 valence electrons. The molecule has 1 aromatic carbocycles. The van der Waals surface area contributed by atoms with E-state index in [4.69, 9.17) is 12.2 Å². The fourth-order valence-corrected chi connectivity index (χ4v) is 2.73. The number of nitrogens with zero attached hydrogens (tertiary/aromatic N) is 1. The lowest BCUT2D eigenvalue weighted by Gasteiger charge is -2.27. The smallest absolute Gasteiger partial charge is 0.262 e. The molecule has 0 radical (unpaired) electrons. The lowest BCUT2D eigenvalue weighted by atomic mass is 9.93. The third-order valence-electron chi connectivity index (χ3n) is 3.74. The molecule has 0 spiro atoms. The normalized spacial score (nSPS) is 15.9. The van der Waals surface area contributed by atoms with E-state index >= 15 is 0 Å². The maximum Gasteiger partial charge on any atom is 0.262 e. The molecule has 18 heavy (non-hydrogen) atoms. The zero-order chi connectivity index (χ0) is 12.9. The van der Waals surface area contributed by atoms with Crippen LogP contribution in [-0.4, -0.2) is 9.55 Å². The zero-order valence-electron chi connectivity index (χ0n) is 10.00. The molecular formula is C13H13FN2OS. The van der Waals surface area contributed by atoms with Gasteiger partial charge in [-0.3, -0.25) is 9.36 Å². The number of rotatable bonds is 1. The van der Waals surface area contributed by atoms with Gasteiger partial charge < -0.3 is 4.98 Å². The van der Waals surface area contributed by atoms with Crippen molar-refractivity contribution >= 4 is 23.1 Å².